The fourth-order valence-corrected chi connectivity index (χ4v) is 5.24. The highest BCUT2D eigenvalue weighted by molar-refractivity contribution is 6.05. The summed E-state index contributed by atoms with van der Waals surface area (Å²) in [6.07, 6.45) is 3.22. The summed E-state index contributed by atoms with van der Waals surface area (Å²) in [4.78, 5) is 322. The van der Waals surface area contributed by atoms with Gasteiger partial charge in [0.15, 0.2) is 0 Å². The molecule has 0 saturated heterocycles. The molecule has 3 atom stereocenters. The summed E-state index contributed by atoms with van der Waals surface area (Å²) in [5, 5.41) is 131. The number of hydrogen-bond donors (Lipinski definition) is 26. The maximum Gasteiger partial charge on any atom is 0.349 e. The highest BCUT2D eigenvalue weighted by Crippen LogP contribution is 2.41. The number of carboxylic acid groups (broad SMARTS) is 16. The zero-order valence-electron chi connectivity index (χ0n) is 68.1. The smallest absolute Gasteiger partial charge is 0.349 e. The van der Waals surface area contributed by atoms with Gasteiger partial charge in [-0.25, -0.2) is 81.5 Å². The number of cyclic esters (lactones) is 2. The van der Waals surface area contributed by atoms with Crippen molar-refractivity contribution in [1.29, 1.82) is 0 Å². The summed E-state index contributed by atoms with van der Waals surface area (Å²) in [7, 11) is 0. The third-order valence-corrected chi connectivity index (χ3v) is 11.2. The molecule has 0 amide bonds. The molecule has 1 aliphatic heterocycles. The van der Waals surface area contributed by atoms with Crippen LogP contribution < -0.4 is 59.0 Å². The summed E-state index contributed by atoms with van der Waals surface area (Å²) in [6, 6.07) is 0. The van der Waals surface area contributed by atoms with Crippen LogP contribution in [0.2, 0.25) is 0 Å². The van der Waals surface area contributed by atoms with Crippen LogP contribution in [-0.4, -0.2) is 260 Å². The van der Waals surface area contributed by atoms with Gasteiger partial charge in [-0.3, -0.25) is 52.7 Å². The second-order valence-electron chi connectivity index (χ2n) is 20.8. The quantitative estimate of drug-likeness (QED) is 0.0119. The van der Waals surface area contributed by atoms with Gasteiger partial charge >= 0.3 is 167 Å². The van der Waals surface area contributed by atoms with Crippen molar-refractivity contribution in [3.05, 3.63) is 146 Å². The van der Waals surface area contributed by atoms with Crippen LogP contribution >= 0.6 is 0 Å². The molecule has 1 aliphatic rings. The summed E-state index contributed by atoms with van der Waals surface area (Å²) in [5.74, 6) is 11.1. The minimum absolute atomic E-state index is 0. The van der Waals surface area contributed by atoms with Crippen molar-refractivity contribution in [1.82, 2.24) is 0 Å². The lowest BCUT2D eigenvalue weighted by Crippen LogP contribution is -2.49. The van der Waals surface area contributed by atoms with Crippen molar-refractivity contribution in [3.8, 4) is 0 Å². The molecule has 1 heterocycles. The molecule has 0 aliphatic carbocycles. The van der Waals surface area contributed by atoms with Crippen LogP contribution in [0.5, 0.6) is 0 Å². The third kappa shape index (κ3) is 101. The van der Waals surface area contributed by atoms with Gasteiger partial charge < -0.3 is 146 Å². The van der Waals surface area contributed by atoms with Crippen molar-refractivity contribution < 1.29 is 280 Å². The predicted molar refractivity (Wildman–Crippen MR) is 415 cm³/mol. The zero-order chi connectivity index (χ0) is 106. The number of rotatable bonds is 37. The van der Waals surface area contributed by atoms with Crippen molar-refractivity contribution in [3.63, 3.8) is 0 Å². The Labute approximate surface area is 739 Å². The Morgan fingerprint density at radius 3 is 0.617 bits per heavy atom. The minimum atomic E-state index is -2.09. The highest BCUT2D eigenvalue weighted by atomic mass is 16.7. The number of esters is 2. The van der Waals surface area contributed by atoms with E-state index in [1.165, 1.54) is 6.92 Å². The lowest BCUT2D eigenvalue weighted by molar-refractivity contribution is -0.176. The molecule has 40 N–H and O–H groups in total. The average molecular weight is 1940 g/mol. The molecule has 3 unspecified atom stereocenters. The van der Waals surface area contributed by atoms with E-state index in [9.17, 15) is 144 Å². The van der Waals surface area contributed by atoms with Gasteiger partial charge in [0.25, 0.3) is 0 Å². The van der Waals surface area contributed by atoms with Gasteiger partial charge in [0.2, 0.25) is 0 Å². The van der Waals surface area contributed by atoms with Crippen molar-refractivity contribution in [2.24, 2.45) is 76.2 Å². The van der Waals surface area contributed by atoms with E-state index in [0.29, 0.717) is 48.6 Å². The van der Waals surface area contributed by atoms with Crippen LogP contribution in [0.1, 0.15) is 71.6 Å². The Kier molecular flexibility index (Phi) is 96.0. The molecule has 0 fully saturated rings. The SMILES string of the molecule is C=C(CC(=O)O)C(=O)O.C=C(CC(=O)ON)C(=O)O.C=C(CC(=O)ON)C(=O)O.C=C(CC(=O)ON)C(=O)O.C=C(CC(=O)ON)C(=O)O.C=C(CC(=O)ON)C(=O)O.C=C(CC(=O)ON)C(=O)O.CCC(CC(=O)ON)(C(=O)O)C(C(=O)O)C(C)C(=O)ON.NOC(=O)/C=C\C(=O)O.NOC(=O)/C=C\C(=O)O.O.O.O=C(O)/C=C\C(=O)O.O=C(O)/C=C\C(=O)O.O=C1C=CC(=O)O1. The van der Waals surface area contributed by atoms with Gasteiger partial charge in [-0.2, -0.15) is 59.0 Å². The van der Waals surface area contributed by atoms with Crippen molar-refractivity contribution in [2.75, 3.05) is 0 Å². The highest BCUT2D eigenvalue weighted by Gasteiger charge is 2.54. The molecule has 133 heavy (non-hydrogen) atoms. The maximum atomic E-state index is 11.6. The molecular formula is C66H90N10O57. The van der Waals surface area contributed by atoms with Gasteiger partial charge in [-0.05, 0) is 6.42 Å². The standard InChI is InChI=1S/C11H18N2O8.6C5H7NO4.C5H6O4.2C4H5NO4.2C4H4O4.C4H2O3.2H2O/c1-3-11(10(18)19,4-6(14)20-12)7(8(15)16)5(2)9(17)21-13;6*1-3(5(8)9)2-4(7)10-6;1-3(5(8)9)2-4(6)7;2*5-9-4(8)2-1-3(6)7;2*5-3(6)1-2-4(7)8;5-3-1-2-4(6)7-3;;/h5,7H,3-4,12-13H2,1-2H3,(H,15,16)(H,18,19);6*1-2,6H2,(H,8,9);1-2H2,(H,6,7)(H,8,9);2*1-2H,5H2,(H,6,7);2*1-2H,(H,5,6)(H,7,8);1-2H;2*1H2/b;;;;;;;;4*2-1-;;;. The number of carbonyl (C=O) groups excluding carboxylic acids is 12. The summed E-state index contributed by atoms with van der Waals surface area (Å²) < 4.78 is 3.97. The van der Waals surface area contributed by atoms with E-state index in [0.717, 1.165) is 19.1 Å². The van der Waals surface area contributed by atoms with Gasteiger partial charge in [0.1, 0.15) is 0 Å². The number of carboxylic acids is 16. The van der Waals surface area contributed by atoms with Crippen LogP contribution in [0.4, 0.5) is 0 Å². The van der Waals surface area contributed by atoms with E-state index >= 15 is 0 Å². The molecule has 0 aromatic rings. The van der Waals surface area contributed by atoms with E-state index < -0.39 is 197 Å². The predicted octanol–water partition coefficient (Wildman–Crippen LogP) is -8.78. The van der Waals surface area contributed by atoms with Gasteiger partial charge in [-0.1, -0.05) is 59.9 Å². The minimum Gasteiger partial charge on any atom is -0.481 e. The van der Waals surface area contributed by atoms with E-state index in [2.05, 4.69) is 152 Å². The van der Waals surface area contributed by atoms with Gasteiger partial charge in [-0.15, -0.1) is 0 Å². The molecule has 0 bridgehead atoms. The third-order valence-electron chi connectivity index (χ3n) is 11.2. The summed E-state index contributed by atoms with van der Waals surface area (Å²) >= 11 is 0. The molecule has 67 nitrogen and oxygen atoms in total. The molecule has 67 heteroatoms. The van der Waals surface area contributed by atoms with E-state index in [1.54, 1.807) is 0 Å². The van der Waals surface area contributed by atoms with Crippen molar-refractivity contribution >= 4 is 167 Å². The topological polar surface area (TPSA) is 1230 Å². The number of aliphatic carboxylic acids is 16. The van der Waals surface area contributed by atoms with E-state index in [4.69, 9.17) is 77.4 Å². The number of carbonyl (C=O) groups is 28. The van der Waals surface area contributed by atoms with Gasteiger partial charge in [0, 0.05) is 99.8 Å². The van der Waals surface area contributed by atoms with Crippen molar-refractivity contribution in [2.45, 2.75) is 71.6 Å². The average Bonchev–Trinajstić information content (AvgIpc) is 1.78. The lowest BCUT2D eigenvalue weighted by atomic mass is 9.66. The van der Waals surface area contributed by atoms with E-state index in [-0.39, 0.29) is 94.9 Å². The lowest BCUT2D eigenvalue weighted by Gasteiger charge is -2.35. The fraction of sp³-hybridized carbons (Fsp3) is 0.212. The molecule has 0 aromatic heterocycles. The maximum absolute atomic E-state index is 11.6. The van der Waals surface area contributed by atoms with Gasteiger partial charge in [0.05, 0.1) is 68.6 Å². The van der Waals surface area contributed by atoms with Crippen LogP contribution in [0.15, 0.2) is 146 Å². The second-order valence-corrected chi connectivity index (χ2v) is 20.8. The van der Waals surface area contributed by atoms with Crippen LogP contribution in [0.25, 0.3) is 0 Å². The first-order valence-electron chi connectivity index (χ1n) is 31.6. The molecule has 0 spiro atoms. The molecular weight excluding hydrogens is 1840 g/mol. The largest absolute Gasteiger partial charge is 0.481 e. The fourth-order valence-electron chi connectivity index (χ4n) is 5.24. The molecule has 1 rings (SSSR count). The Morgan fingerprint density at radius 1 is 0.316 bits per heavy atom. The Bertz CT molecular complexity index is 3890. The Hall–Kier alpha value is -18.2. The number of nitrogens with two attached hydrogens (primary N) is 10. The number of ether oxygens (including phenoxy) is 1. The Morgan fingerprint density at radius 2 is 0.504 bits per heavy atom. The first-order chi connectivity index (χ1) is 60.0. The van der Waals surface area contributed by atoms with Crippen LogP contribution in [0, 0.1) is 17.3 Å². The number of hydrogen-bond acceptors (Lipinski definition) is 49. The van der Waals surface area contributed by atoms with Crippen LogP contribution in [-0.2, 0) is 187 Å². The zero-order valence-corrected chi connectivity index (χ0v) is 68.1. The second kappa shape index (κ2) is 87.2. The molecule has 0 aromatic carbocycles. The van der Waals surface area contributed by atoms with Crippen LogP contribution in [0.3, 0.4) is 0 Å². The molecule has 0 saturated carbocycles. The first kappa shape index (κ1) is 146. The normalized spacial score (nSPS) is 10.3. The Balaban J connectivity index is -0.0000000971. The molecule has 746 valence electrons. The molecule has 0 radical (unpaired) electrons. The summed E-state index contributed by atoms with van der Waals surface area (Å²) in [6.45, 7) is 24.0. The summed E-state index contributed by atoms with van der Waals surface area (Å²) in [5.41, 5.74) is -3.83. The monoisotopic (exact) mass is 1930 g/mol. The first-order valence-corrected chi connectivity index (χ1v) is 31.6. The van der Waals surface area contributed by atoms with E-state index in [1.807, 2.05) is 0 Å².